The van der Waals surface area contributed by atoms with Crippen molar-refractivity contribution in [1.82, 2.24) is 19.1 Å². The highest BCUT2D eigenvalue weighted by atomic mass is 32.2. The van der Waals surface area contributed by atoms with Gasteiger partial charge in [-0.25, -0.2) is 105 Å². The fourth-order valence-corrected chi connectivity index (χ4v) is 18.1. The van der Waals surface area contributed by atoms with Crippen LogP contribution in [0.4, 0.5) is 87.8 Å². The van der Waals surface area contributed by atoms with Crippen LogP contribution in [0.15, 0.2) is 21.7 Å². The quantitative estimate of drug-likeness (QED) is 0.0316. The van der Waals surface area contributed by atoms with E-state index < -0.39 is 220 Å². The van der Waals surface area contributed by atoms with Crippen molar-refractivity contribution in [2.24, 2.45) is 71.6 Å². The minimum atomic E-state index is -3.81. The number of carbonyl (C=O) groups is 3. The molecule has 46 heteroatoms. The van der Waals surface area contributed by atoms with Gasteiger partial charge in [0.05, 0.1) is 72.9 Å². The lowest BCUT2D eigenvalue weighted by molar-refractivity contribution is -0.136. The van der Waals surface area contributed by atoms with Crippen LogP contribution in [0.5, 0.6) is 17.5 Å². The van der Waals surface area contributed by atoms with E-state index in [-0.39, 0.29) is 129 Å². The summed E-state index contributed by atoms with van der Waals surface area (Å²) in [7, 11) is -4.18. The Bertz CT molecular complexity index is 4670. The molecule has 0 saturated carbocycles. The predicted molar refractivity (Wildman–Crippen MR) is 501 cm³/mol. The molecule has 19 atom stereocenters. The Morgan fingerprint density at radius 3 is 1.12 bits per heavy atom. The molecule has 3 N–H and O–H groups in total. The van der Waals surface area contributed by atoms with Gasteiger partial charge in [0.15, 0.2) is 34.8 Å². The molecule has 6 saturated heterocycles. The summed E-state index contributed by atoms with van der Waals surface area (Å²) in [5.74, 6) is -25.8. The number of benzene rings is 2. The largest absolute Gasteiger partial charge is 0.484 e. The molecule has 8 heterocycles. The maximum atomic E-state index is 14.7. The number of sulfone groups is 1. The SMILES string of the molecule is CC(=O)C[C@@H](C)C(F)(F)C[C@H]1CC[C@H](C)CO1.CC(=O)C[C@@H](C)C(F)(F)C[C@H]1CC[C@H](O)CO1.CC(=O)C[C@@H](C)C(F)(F)C[C@H]1CC[C@H](Oc2nc3c(F)cc(OCC(F)F)c(F)c3n2C)CO1.C[C@H]1CC[C@H](CC(F)(F)C=NS(=O)C(C)(C)C)OC1.C[C@H]1CC[C@H](CC(F)(F)[C@H](C)CS(=O)C(C)(C)C)OC1.C[C@H]1CC[C@H](CC(F)(F)[C@H](C)N)OC1.Cn1c(S(C)(=O)=O)nc2c(F)cc(OCC(F)F)c(F)c21. The zero-order valence-electron chi connectivity index (χ0n) is 85.0. The van der Waals surface area contributed by atoms with E-state index in [0.29, 0.717) is 107 Å². The average molecular weight is 2130 g/mol. The Kier molecular flexibility index (Phi) is 51.1. The number of aryl methyl sites for hydroxylation is 2. The molecule has 0 aliphatic carbocycles. The minimum Gasteiger partial charge on any atom is -0.484 e. The zero-order chi connectivity index (χ0) is 108. The maximum absolute atomic E-state index is 14.7. The smallest absolute Gasteiger partial charge is 0.297 e. The normalized spacial score (nSPS) is 24.1. The summed E-state index contributed by atoms with van der Waals surface area (Å²) in [5.41, 5.74) is 3.53. The third kappa shape index (κ3) is 44.0. The number of ketones is 3. The molecule has 0 spiro atoms. The molecule has 2 aromatic heterocycles. The van der Waals surface area contributed by atoms with E-state index in [1.54, 1.807) is 20.8 Å². The first kappa shape index (κ1) is 128. The number of halogens is 20. The number of aliphatic hydroxyl groups is 1. The van der Waals surface area contributed by atoms with Gasteiger partial charge in [-0.15, -0.1) is 0 Å². The number of hydrogen-bond donors (Lipinski definition) is 2. The number of ether oxygens (including phenoxy) is 9. The Hall–Kier alpha value is -6.01. The van der Waals surface area contributed by atoms with Crippen LogP contribution in [0.2, 0.25) is 0 Å². The summed E-state index contributed by atoms with van der Waals surface area (Å²) >= 11 is 0. The van der Waals surface area contributed by atoms with Gasteiger partial charge >= 0.3 is 0 Å². The lowest BCUT2D eigenvalue weighted by Gasteiger charge is -2.32. The van der Waals surface area contributed by atoms with Crippen LogP contribution in [-0.2, 0) is 88.5 Å². The highest BCUT2D eigenvalue weighted by Gasteiger charge is 2.47. The van der Waals surface area contributed by atoms with Crippen LogP contribution in [0.25, 0.3) is 22.1 Å². The second-order valence-corrected chi connectivity index (χ2v) is 47.0. The molecule has 6 aliphatic rings. The third-order valence-corrected chi connectivity index (χ3v) is 29.1. The van der Waals surface area contributed by atoms with Gasteiger partial charge in [0.1, 0.15) is 69.7 Å². The van der Waals surface area contributed by atoms with Gasteiger partial charge in [-0.3, -0.25) is 8.78 Å². The van der Waals surface area contributed by atoms with Crippen molar-refractivity contribution in [3.63, 3.8) is 0 Å². The summed E-state index contributed by atoms with van der Waals surface area (Å²) in [4.78, 5) is 40.3. The summed E-state index contributed by atoms with van der Waals surface area (Å²) < 4.78 is 370. The van der Waals surface area contributed by atoms with Crippen LogP contribution in [0.1, 0.15) is 259 Å². The number of fused-ring (bicyclic) bond motifs is 2. The van der Waals surface area contributed by atoms with Crippen LogP contribution in [0, 0.1) is 70.6 Å². The van der Waals surface area contributed by atoms with Crippen molar-refractivity contribution in [3.05, 3.63) is 35.4 Å². The van der Waals surface area contributed by atoms with Gasteiger partial charge in [0.25, 0.3) is 54.4 Å². The lowest BCUT2D eigenvalue weighted by atomic mass is 9.90. The van der Waals surface area contributed by atoms with Crippen molar-refractivity contribution >= 4 is 77.3 Å². The first-order chi connectivity index (χ1) is 65.2. The van der Waals surface area contributed by atoms with Crippen LogP contribution < -0.4 is 19.9 Å². The van der Waals surface area contributed by atoms with Gasteiger partial charge < -0.3 is 72.4 Å². The standard InChI is InChI=1S/C22H26F6N2O4.C15H28F2O2S.C13H23F2NO2S.C13H22F2O2.C12H20F2O3.C11H10F4N2O3S.C10H19F2NO/c1-11(6-12(2)31)22(27,28)8-13-4-5-14(9-32-13)34-21-29-19-15(23)7-16(33-10-17(24)25)18(26)20(19)30(21)3;1-11-6-7-13(19-9-11)8-15(16,17)12(2)10-20(18)14(3,4)5;1-10-5-6-11(18-8-10)7-13(14,15)9-16-19(17)12(2,3)4;1-9-4-5-12(17-8-9)7-13(14,15)10(2)6-11(3)16;1-8(5-9(2)15)12(13,14)6-11-4-3-10(16)7-17-11;1-17-10-8(15)6(20-4-7(13)14)3-5(12)9(10)16-11(17)21(2,18)19;1-7-3-4-9(14-6-7)5-10(11,12)8(2)13/h7,11,13-14,17H,4-6,8-10H2,1-3H3;11-13H,6-10H2,1-5H3;9-11H,5-8H2,1-4H3;9-10,12H,4-8H2,1-3H3;8,10-11,16H,3-7H2,1-2H3;3,7H,4H2,1-2H3;7-9H,3-6,13H2,1-2H3/t11-,13-,14+;11-,12+,13+,20?;10-,11+,19?;9-,10+,12+;8-,10+,11-;;7-,8-,9+/m10001.0/s1. The number of imidazole rings is 2. The number of hydrogen-bond acceptors (Lipinski definition) is 20. The topological polar surface area (TPSA) is 297 Å². The van der Waals surface area contributed by atoms with Crippen molar-refractivity contribution in [2.45, 2.75) is 377 Å². The number of alkyl halides is 16. The van der Waals surface area contributed by atoms with Crippen molar-refractivity contribution in [2.75, 3.05) is 64.9 Å². The van der Waals surface area contributed by atoms with Crippen LogP contribution >= 0.6 is 0 Å². The van der Waals surface area contributed by atoms with E-state index >= 15 is 0 Å². The summed E-state index contributed by atoms with van der Waals surface area (Å²) in [6, 6.07) is -0.0472. The Morgan fingerprint density at radius 2 is 0.817 bits per heavy atom. The predicted octanol–water partition coefficient (Wildman–Crippen LogP) is 22.1. The molecule has 10 rings (SSSR count). The molecule has 822 valence electrons. The van der Waals surface area contributed by atoms with E-state index in [2.05, 4.69) is 44.6 Å². The molecule has 4 aromatic rings. The van der Waals surface area contributed by atoms with Gasteiger partial charge in [0.2, 0.25) is 15.0 Å². The molecule has 0 radical (unpaired) electrons. The molecule has 2 aromatic carbocycles. The second kappa shape index (κ2) is 56.6. The molecule has 0 amide bonds. The first-order valence-corrected chi connectivity index (χ1v) is 52.1. The minimum absolute atomic E-state index is 0.0413. The molecular formula is C96H148F20N6O17S3. The molecular weight excluding hydrogens is 1990 g/mol. The molecule has 23 nitrogen and oxygen atoms in total. The third-order valence-electron chi connectivity index (χ3n) is 24.6. The second-order valence-electron chi connectivity index (χ2n) is 41.0. The maximum Gasteiger partial charge on any atom is 0.297 e. The molecule has 142 heavy (non-hydrogen) atoms. The zero-order valence-corrected chi connectivity index (χ0v) is 87.4. The average Bonchev–Trinajstić information content (AvgIpc) is 1.60. The van der Waals surface area contributed by atoms with Crippen LogP contribution in [-0.4, -0.2) is 242 Å². The van der Waals surface area contributed by atoms with Gasteiger partial charge in [-0.05, 0) is 170 Å². The number of nitrogens with two attached hydrogens (primary N) is 1. The summed E-state index contributed by atoms with van der Waals surface area (Å²) in [5, 5.41) is 8.66. The number of carbonyl (C=O) groups excluding carboxylic acids is 3. The van der Waals surface area contributed by atoms with E-state index in [1.807, 2.05) is 27.7 Å². The number of rotatable bonds is 36. The van der Waals surface area contributed by atoms with Gasteiger partial charge in [-0.1, -0.05) is 55.4 Å². The number of nitrogens with zero attached hydrogens (tertiary/aromatic N) is 5. The highest BCUT2D eigenvalue weighted by Crippen LogP contribution is 2.43. The van der Waals surface area contributed by atoms with Gasteiger partial charge in [0, 0.05) is 162 Å². The van der Waals surface area contributed by atoms with E-state index in [0.717, 1.165) is 47.5 Å². The molecule has 0 bridgehead atoms. The monoisotopic (exact) mass is 2130 g/mol. The Labute approximate surface area is 825 Å². The van der Waals surface area contributed by atoms with E-state index in [9.17, 15) is 124 Å². The summed E-state index contributed by atoms with van der Waals surface area (Å²) in [6.07, 6.45) is -2.52. The fraction of sp³-hybridized carbons (Fsp3) is 0.812. The first-order valence-electron chi connectivity index (χ1n) is 47.8. The Morgan fingerprint density at radius 1 is 0.493 bits per heavy atom. The molecule has 2 unspecified atom stereocenters. The van der Waals surface area contributed by atoms with Crippen molar-refractivity contribution < 1.29 is 167 Å². The lowest BCUT2D eigenvalue weighted by Crippen LogP contribution is -2.42. The Balaban J connectivity index is 0.000000352. The van der Waals surface area contributed by atoms with E-state index in [4.69, 9.17) is 38.9 Å². The number of Topliss-reactive ketones (excluding diaryl/α,β-unsaturated/α-hetero) is 3. The van der Waals surface area contributed by atoms with Crippen molar-refractivity contribution in [1.29, 1.82) is 0 Å². The van der Waals surface area contributed by atoms with Gasteiger partial charge in [-0.2, -0.15) is 9.38 Å². The van der Waals surface area contributed by atoms with Crippen molar-refractivity contribution in [3.8, 4) is 17.5 Å². The highest BCUT2D eigenvalue weighted by molar-refractivity contribution is 7.90. The molecule has 6 fully saturated rings. The molecule has 6 aliphatic heterocycles. The van der Waals surface area contributed by atoms with Crippen LogP contribution in [0.3, 0.4) is 0 Å². The fourth-order valence-electron chi connectivity index (χ4n) is 15.5. The number of aliphatic hydroxyl groups excluding tert-OH is 1. The number of aromatic nitrogens is 4. The van der Waals surface area contributed by atoms with E-state index in [1.165, 1.54) is 69.5 Å². The summed E-state index contributed by atoms with van der Waals surface area (Å²) in [6.45, 7) is 29.9.